The van der Waals surface area contributed by atoms with Crippen LogP contribution >= 0.6 is 38.5 Å². The lowest BCUT2D eigenvalue weighted by molar-refractivity contribution is 0.0995. The summed E-state index contributed by atoms with van der Waals surface area (Å²) in [5.74, 6) is 0.0253. The highest BCUT2D eigenvalue weighted by Crippen LogP contribution is 2.16. The van der Waals surface area contributed by atoms with Crippen molar-refractivity contribution in [1.29, 1.82) is 0 Å². The number of hydrogen-bond acceptors (Lipinski definition) is 2. The molecule has 3 nitrogen and oxygen atoms in total. The van der Waals surface area contributed by atoms with Crippen LogP contribution in [0.25, 0.3) is 0 Å². The van der Waals surface area contributed by atoms with Crippen LogP contribution in [0.2, 0.25) is 0 Å². The number of halogens is 2. The molecule has 2 rings (SSSR count). The van der Waals surface area contributed by atoms with Crippen LogP contribution in [0.15, 0.2) is 45.5 Å². The molecule has 0 radical (unpaired) electrons. The van der Waals surface area contributed by atoms with Gasteiger partial charge in [-0.3, -0.25) is 4.79 Å². The number of rotatable bonds is 2. The van der Waals surface area contributed by atoms with Crippen molar-refractivity contribution in [3.05, 3.63) is 50.4 Å². The molecule has 16 heavy (non-hydrogen) atoms. The Morgan fingerprint density at radius 2 is 1.88 bits per heavy atom. The summed E-state index contributed by atoms with van der Waals surface area (Å²) in [4.78, 5) is 11.7. The van der Waals surface area contributed by atoms with Gasteiger partial charge in [0.25, 0.3) is 5.91 Å². The smallest absolute Gasteiger partial charge is 0.291 e. The fourth-order valence-electron chi connectivity index (χ4n) is 1.16. The molecule has 0 fully saturated rings. The molecule has 1 aromatic carbocycles. The summed E-state index contributed by atoms with van der Waals surface area (Å²) < 4.78 is 6.81. The van der Waals surface area contributed by atoms with E-state index in [-0.39, 0.29) is 11.7 Å². The number of carbonyl (C=O) groups excluding carboxylic acids is 1. The molecule has 82 valence electrons. The summed E-state index contributed by atoms with van der Waals surface area (Å²) in [6, 6.07) is 10.8. The number of amides is 1. The van der Waals surface area contributed by atoms with E-state index in [9.17, 15) is 4.79 Å². The van der Waals surface area contributed by atoms with Crippen molar-refractivity contribution in [3.8, 4) is 0 Å². The first kappa shape index (κ1) is 11.7. The van der Waals surface area contributed by atoms with Crippen molar-refractivity contribution in [3.63, 3.8) is 0 Å². The zero-order valence-corrected chi connectivity index (χ0v) is 11.8. The fourth-order valence-corrected chi connectivity index (χ4v) is 1.83. The van der Waals surface area contributed by atoms with Gasteiger partial charge in [0.15, 0.2) is 10.4 Å². The van der Waals surface area contributed by atoms with Crippen LogP contribution in [0.5, 0.6) is 0 Å². The molecule has 2 aromatic rings. The summed E-state index contributed by atoms with van der Waals surface area (Å²) in [6.07, 6.45) is 0. The van der Waals surface area contributed by atoms with E-state index in [1.54, 1.807) is 12.1 Å². The van der Waals surface area contributed by atoms with Crippen molar-refractivity contribution in [2.45, 2.75) is 0 Å². The second kappa shape index (κ2) is 5.01. The van der Waals surface area contributed by atoms with Gasteiger partial charge in [0.05, 0.1) is 0 Å². The summed E-state index contributed by atoms with van der Waals surface area (Å²) in [6.45, 7) is 0. The molecule has 0 saturated carbocycles. The van der Waals surface area contributed by atoms with Gasteiger partial charge in [-0.1, -0.05) is 0 Å². The lowest BCUT2D eigenvalue weighted by atomic mass is 10.3. The van der Waals surface area contributed by atoms with Crippen LogP contribution in [0, 0.1) is 3.57 Å². The molecule has 1 amide bonds. The Labute approximate surface area is 114 Å². The maximum Gasteiger partial charge on any atom is 0.291 e. The van der Waals surface area contributed by atoms with E-state index in [1.807, 2.05) is 24.3 Å². The Morgan fingerprint density at radius 1 is 1.19 bits per heavy atom. The maximum absolute atomic E-state index is 11.7. The Bertz CT molecular complexity index is 507. The number of carbonyl (C=O) groups is 1. The minimum Gasteiger partial charge on any atom is -0.444 e. The number of nitrogens with one attached hydrogen (secondary N) is 1. The summed E-state index contributed by atoms with van der Waals surface area (Å²) in [5, 5.41) is 2.74. The van der Waals surface area contributed by atoms with Crippen molar-refractivity contribution in [2.24, 2.45) is 0 Å². The molecule has 0 spiro atoms. The normalized spacial score (nSPS) is 10.1. The van der Waals surface area contributed by atoms with E-state index in [4.69, 9.17) is 4.42 Å². The van der Waals surface area contributed by atoms with E-state index >= 15 is 0 Å². The van der Waals surface area contributed by atoms with E-state index in [0.717, 1.165) is 9.26 Å². The van der Waals surface area contributed by atoms with Crippen LogP contribution in [0.1, 0.15) is 10.6 Å². The quantitative estimate of drug-likeness (QED) is 0.789. The summed E-state index contributed by atoms with van der Waals surface area (Å²) in [5.41, 5.74) is 0.748. The molecular formula is C11H7BrINO2. The minimum absolute atomic E-state index is 0.257. The predicted octanol–water partition coefficient (Wildman–Crippen LogP) is 3.90. The Balaban J connectivity index is 2.10. The maximum atomic E-state index is 11.7. The zero-order chi connectivity index (χ0) is 11.5. The third kappa shape index (κ3) is 2.85. The molecule has 0 unspecified atom stereocenters. The van der Waals surface area contributed by atoms with Crippen LogP contribution in [0.3, 0.4) is 0 Å². The molecule has 1 heterocycles. The van der Waals surface area contributed by atoms with Crippen LogP contribution in [0.4, 0.5) is 5.69 Å². The number of furan rings is 1. The van der Waals surface area contributed by atoms with Crippen molar-refractivity contribution in [2.75, 3.05) is 5.32 Å². The first-order valence-corrected chi connectivity index (χ1v) is 6.34. The average molecular weight is 392 g/mol. The standard InChI is InChI=1S/C11H7BrINO2/c12-10-6-5-9(16-10)11(15)14-8-3-1-7(13)2-4-8/h1-6H,(H,14,15). The third-order valence-corrected chi connectivity index (χ3v) is 3.04. The average Bonchev–Trinajstić information content (AvgIpc) is 2.68. The van der Waals surface area contributed by atoms with E-state index in [2.05, 4.69) is 43.8 Å². The molecule has 0 aliphatic rings. The topological polar surface area (TPSA) is 42.2 Å². The molecule has 0 atom stereocenters. The van der Waals surface area contributed by atoms with Crippen molar-refractivity contribution >= 4 is 50.1 Å². The first-order valence-electron chi connectivity index (χ1n) is 4.47. The Morgan fingerprint density at radius 3 is 2.44 bits per heavy atom. The molecule has 0 aliphatic carbocycles. The highest BCUT2D eigenvalue weighted by atomic mass is 127. The largest absolute Gasteiger partial charge is 0.444 e. The highest BCUT2D eigenvalue weighted by molar-refractivity contribution is 14.1. The molecule has 0 aliphatic heterocycles. The van der Waals surface area contributed by atoms with Crippen molar-refractivity contribution < 1.29 is 9.21 Å². The van der Waals surface area contributed by atoms with Gasteiger partial charge in [-0.05, 0) is 74.9 Å². The Hall–Kier alpha value is -0.820. The molecule has 1 N–H and O–H groups in total. The minimum atomic E-state index is -0.257. The lowest BCUT2D eigenvalue weighted by Gasteiger charge is -2.02. The summed E-state index contributed by atoms with van der Waals surface area (Å²) >= 11 is 5.36. The second-order valence-corrected chi connectivity index (χ2v) is 5.09. The fraction of sp³-hybridized carbons (Fsp3) is 0. The van der Waals surface area contributed by atoms with Gasteiger partial charge in [-0.15, -0.1) is 0 Å². The monoisotopic (exact) mass is 391 g/mol. The lowest BCUT2D eigenvalue weighted by Crippen LogP contribution is -2.10. The van der Waals surface area contributed by atoms with Gasteiger partial charge >= 0.3 is 0 Å². The predicted molar refractivity (Wildman–Crippen MR) is 73.5 cm³/mol. The van der Waals surface area contributed by atoms with Crippen molar-refractivity contribution in [1.82, 2.24) is 0 Å². The third-order valence-electron chi connectivity index (χ3n) is 1.90. The van der Waals surface area contributed by atoms with E-state index in [0.29, 0.717) is 4.67 Å². The van der Waals surface area contributed by atoms with Gasteiger partial charge in [0.1, 0.15) is 0 Å². The van der Waals surface area contributed by atoms with E-state index < -0.39 is 0 Å². The van der Waals surface area contributed by atoms with Crippen LogP contribution < -0.4 is 5.32 Å². The number of hydrogen-bond donors (Lipinski definition) is 1. The van der Waals surface area contributed by atoms with Gasteiger partial charge in [-0.2, -0.15) is 0 Å². The van der Waals surface area contributed by atoms with Crippen LogP contribution in [-0.4, -0.2) is 5.91 Å². The van der Waals surface area contributed by atoms with Crippen LogP contribution in [-0.2, 0) is 0 Å². The molecule has 1 aromatic heterocycles. The molecule has 0 saturated heterocycles. The van der Waals surface area contributed by atoms with Gasteiger partial charge < -0.3 is 9.73 Å². The number of benzene rings is 1. The van der Waals surface area contributed by atoms with Gasteiger partial charge in [0.2, 0.25) is 0 Å². The molecular weight excluding hydrogens is 385 g/mol. The summed E-state index contributed by atoms with van der Waals surface area (Å²) in [7, 11) is 0. The van der Waals surface area contributed by atoms with Gasteiger partial charge in [0, 0.05) is 9.26 Å². The van der Waals surface area contributed by atoms with Gasteiger partial charge in [-0.25, -0.2) is 0 Å². The second-order valence-electron chi connectivity index (χ2n) is 3.06. The first-order chi connectivity index (χ1) is 7.65. The Kier molecular flexibility index (Phi) is 3.65. The van der Waals surface area contributed by atoms with E-state index in [1.165, 1.54) is 0 Å². The number of anilines is 1. The molecule has 5 heteroatoms. The zero-order valence-electron chi connectivity index (χ0n) is 8.04. The SMILES string of the molecule is O=C(Nc1ccc(I)cc1)c1ccc(Br)o1. The highest BCUT2D eigenvalue weighted by Gasteiger charge is 2.10. The molecule has 0 bridgehead atoms.